The zero-order valence-electron chi connectivity index (χ0n) is 18.1. The molecule has 33 heavy (non-hydrogen) atoms. The van der Waals surface area contributed by atoms with Gasteiger partial charge in [0.15, 0.2) is 6.29 Å². The lowest BCUT2D eigenvalue weighted by Crippen LogP contribution is -2.49. The van der Waals surface area contributed by atoms with Crippen LogP contribution in [0.1, 0.15) is 6.17 Å². The summed E-state index contributed by atoms with van der Waals surface area (Å²) in [5.41, 5.74) is 3.65. The molecule has 0 amide bonds. The molecule has 0 bridgehead atoms. The van der Waals surface area contributed by atoms with E-state index in [1.807, 2.05) is 12.1 Å². The van der Waals surface area contributed by atoms with Crippen molar-refractivity contribution in [2.75, 3.05) is 38.2 Å². The number of fused-ring (bicyclic) bond motifs is 1. The van der Waals surface area contributed by atoms with E-state index in [0.717, 1.165) is 36.2 Å². The molecule has 1 fully saturated rings. The quantitative estimate of drug-likeness (QED) is 0.421. The lowest BCUT2D eigenvalue weighted by Gasteiger charge is -2.39. The molecule has 1 aromatic carbocycles. The Labute approximate surface area is 190 Å². The van der Waals surface area contributed by atoms with E-state index in [2.05, 4.69) is 36.9 Å². The highest BCUT2D eigenvalue weighted by Crippen LogP contribution is 2.32. The van der Waals surface area contributed by atoms with Crippen molar-refractivity contribution >= 4 is 23.0 Å². The highest BCUT2D eigenvalue weighted by molar-refractivity contribution is 5.78. The average Bonchev–Trinajstić information content (AvgIpc) is 3.28. The van der Waals surface area contributed by atoms with E-state index in [-0.39, 0.29) is 0 Å². The van der Waals surface area contributed by atoms with E-state index < -0.39 is 12.0 Å². The van der Waals surface area contributed by atoms with Gasteiger partial charge in [0, 0.05) is 67.0 Å². The second kappa shape index (κ2) is 8.95. The summed E-state index contributed by atoms with van der Waals surface area (Å²) in [6, 6.07) is 11.7. The molecule has 0 saturated carbocycles. The Morgan fingerprint density at radius 2 is 1.79 bits per heavy atom. The lowest BCUT2D eigenvalue weighted by molar-refractivity contribution is -0.115. The van der Waals surface area contributed by atoms with Crippen LogP contribution in [0.2, 0.25) is 0 Å². The molecule has 0 aliphatic carbocycles. The van der Waals surface area contributed by atoms with Crippen LogP contribution in [0, 0.1) is 5.82 Å². The van der Waals surface area contributed by atoms with Gasteiger partial charge in [0.25, 0.3) is 0 Å². The van der Waals surface area contributed by atoms with Gasteiger partial charge in [-0.3, -0.25) is 9.69 Å². The number of hydrogen-bond donors (Lipinski definition) is 0. The number of methoxy groups -OCH3 is 1. The number of aromatic nitrogens is 4. The highest BCUT2D eigenvalue weighted by atomic mass is 19.1. The van der Waals surface area contributed by atoms with Crippen LogP contribution < -0.4 is 9.64 Å². The van der Waals surface area contributed by atoms with E-state index in [1.54, 1.807) is 36.3 Å². The number of piperazine rings is 1. The fraction of sp³-hybridized carbons (Fsp3) is 0.250. The normalized spacial score (nSPS) is 15.5. The van der Waals surface area contributed by atoms with Gasteiger partial charge in [0.2, 0.25) is 0 Å². The van der Waals surface area contributed by atoms with E-state index in [1.165, 1.54) is 12.3 Å². The van der Waals surface area contributed by atoms with Gasteiger partial charge < -0.3 is 14.2 Å². The summed E-state index contributed by atoms with van der Waals surface area (Å²) < 4.78 is 20.4. The maximum atomic E-state index is 13.5. The topological polar surface area (TPSA) is 76.4 Å². The first-order valence-corrected chi connectivity index (χ1v) is 10.7. The van der Waals surface area contributed by atoms with Crippen LogP contribution in [0.25, 0.3) is 22.2 Å². The number of ether oxygens (including phenoxy) is 1. The maximum absolute atomic E-state index is 13.5. The number of anilines is 1. The van der Waals surface area contributed by atoms with Gasteiger partial charge in [-0.15, -0.1) is 0 Å². The van der Waals surface area contributed by atoms with Crippen LogP contribution in [-0.2, 0) is 4.79 Å². The SMILES string of the molecule is COc1ncc(-c2ccccc2N2CCN(C(C=O)n3ccc4cc(F)cnc43)CC2)cn1. The summed E-state index contributed by atoms with van der Waals surface area (Å²) in [5.74, 6) is -0.391. The molecular formula is C24H23FN6O2. The molecule has 1 unspecified atom stereocenters. The lowest BCUT2D eigenvalue weighted by atomic mass is 10.1. The second-order valence-corrected chi connectivity index (χ2v) is 7.84. The van der Waals surface area contributed by atoms with Crippen molar-refractivity contribution in [3.05, 3.63) is 67.0 Å². The standard InChI is InChI=1S/C24H23FN6O2/c1-33-24-27-13-18(14-28-24)20-4-2-3-5-21(20)29-8-10-30(11-9-29)22(16-32)31-7-6-17-12-19(25)15-26-23(17)31/h2-7,12-16,22H,8-11H2,1H3. The summed E-state index contributed by atoms with van der Waals surface area (Å²) in [4.78, 5) is 29.1. The Balaban J connectivity index is 1.35. The maximum Gasteiger partial charge on any atom is 0.316 e. The van der Waals surface area contributed by atoms with Crippen molar-refractivity contribution in [1.82, 2.24) is 24.4 Å². The smallest absolute Gasteiger partial charge is 0.316 e. The molecular weight excluding hydrogens is 423 g/mol. The van der Waals surface area contributed by atoms with Crippen molar-refractivity contribution < 1.29 is 13.9 Å². The van der Waals surface area contributed by atoms with E-state index in [0.29, 0.717) is 30.1 Å². The molecule has 8 nitrogen and oxygen atoms in total. The summed E-state index contributed by atoms with van der Waals surface area (Å²) in [6.45, 7) is 2.88. The van der Waals surface area contributed by atoms with E-state index in [9.17, 15) is 9.18 Å². The molecule has 0 radical (unpaired) electrons. The van der Waals surface area contributed by atoms with Gasteiger partial charge in [-0.1, -0.05) is 18.2 Å². The van der Waals surface area contributed by atoms with Crippen LogP contribution >= 0.6 is 0 Å². The number of hydrogen-bond acceptors (Lipinski definition) is 7. The molecule has 4 heterocycles. The zero-order valence-corrected chi connectivity index (χ0v) is 18.1. The van der Waals surface area contributed by atoms with Crippen LogP contribution in [-0.4, -0.2) is 64.0 Å². The molecule has 0 N–H and O–H groups in total. The summed E-state index contributed by atoms with van der Waals surface area (Å²) in [6.07, 6.45) is 6.92. The van der Waals surface area contributed by atoms with Crippen molar-refractivity contribution in [3.63, 3.8) is 0 Å². The van der Waals surface area contributed by atoms with Crippen LogP contribution in [0.15, 0.2) is 61.2 Å². The third-order valence-corrected chi connectivity index (χ3v) is 5.98. The molecule has 1 saturated heterocycles. The van der Waals surface area contributed by atoms with Crippen LogP contribution in [0.4, 0.5) is 10.1 Å². The Hall–Kier alpha value is -3.85. The first-order chi connectivity index (χ1) is 16.2. The first kappa shape index (κ1) is 21.0. The highest BCUT2D eigenvalue weighted by Gasteiger charge is 2.27. The summed E-state index contributed by atoms with van der Waals surface area (Å²) in [5, 5.41) is 0.677. The van der Waals surface area contributed by atoms with Crippen LogP contribution in [0.3, 0.4) is 0 Å². The number of rotatable bonds is 6. The van der Waals surface area contributed by atoms with Gasteiger partial charge in [-0.05, 0) is 18.2 Å². The Kier molecular flexibility index (Phi) is 5.70. The Bertz CT molecular complexity index is 1270. The molecule has 168 valence electrons. The molecule has 1 atom stereocenters. The number of aldehydes is 1. The summed E-state index contributed by atoms with van der Waals surface area (Å²) in [7, 11) is 1.54. The van der Waals surface area contributed by atoms with Crippen molar-refractivity contribution in [2.45, 2.75) is 6.17 Å². The largest absolute Gasteiger partial charge is 0.467 e. The number of para-hydroxylation sites is 1. The van der Waals surface area contributed by atoms with E-state index >= 15 is 0 Å². The predicted molar refractivity (Wildman–Crippen MR) is 123 cm³/mol. The minimum absolute atomic E-state index is 0.333. The predicted octanol–water partition coefficient (Wildman–Crippen LogP) is 3.16. The van der Waals surface area contributed by atoms with Gasteiger partial charge in [-0.25, -0.2) is 19.3 Å². The van der Waals surface area contributed by atoms with Gasteiger partial charge in [0.1, 0.15) is 17.6 Å². The fourth-order valence-electron chi connectivity index (χ4n) is 4.34. The van der Waals surface area contributed by atoms with Gasteiger partial charge in [-0.2, -0.15) is 0 Å². The second-order valence-electron chi connectivity index (χ2n) is 7.84. The Morgan fingerprint density at radius 3 is 2.52 bits per heavy atom. The van der Waals surface area contributed by atoms with Crippen molar-refractivity contribution in [1.29, 1.82) is 0 Å². The Morgan fingerprint density at radius 1 is 1.03 bits per heavy atom. The number of nitrogens with zero attached hydrogens (tertiary/aromatic N) is 6. The minimum atomic E-state index is -0.493. The third kappa shape index (κ3) is 4.03. The molecule has 3 aromatic heterocycles. The number of carbonyl (C=O) groups is 1. The fourth-order valence-corrected chi connectivity index (χ4v) is 4.34. The molecule has 1 aliphatic heterocycles. The molecule has 0 spiro atoms. The zero-order chi connectivity index (χ0) is 22.8. The number of benzene rings is 1. The summed E-state index contributed by atoms with van der Waals surface area (Å²) >= 11 is 0. The number of halogens is 1. The van der Waals surface area contributed by atoms with Crippen LogP contribution in [0.5, 0.6) is 6.01 Å². The molecule has 4 aromatic rings. The molecule has 9 heteroatoms. The van der Waals surface area contributed by atoms with Crippen molar-refractivity contribution in [2.24, 2.45) is 0 Å². The van der Waals surface area contributed by atoms with E-state index in [4.69, 9.17) is 4.74 Å². The first-order valence-electron chi connectivity index (χ1n) is 10.7. The minimum Gasteiger partial charge on any atom is -0.467 e. The molecule has 5 rings (SSSR count). The van der Waals surface area contributed by atoms with Gasteiger partial charge >= 0.3 is 6.01 Å². The van der Waals surface area contributed by atoms with Gasteiger partial charge in [0.05, 0.1) is 13.3 Å². The average molecular weight is 446 g/mol. The third-order valence-electron chi connectivity index (χ3n) is 5.98. The number of carbonyl (C=O) groups excluding carboxylic acids is 1. The molecule has 1 aliphatic rings. The monoisotopic (exact) mass is 446 g/mol. The van der Waals surface area contributed by atoms with Crippen molar-refractivity contribution in [3.8, 4) is 17.1 Å². The number of pyridine rings is 1.